The molecule has 2 N–H and O–H groups in total. The molecule has 36 heavy (non-hydrogen) atoms. The molecule has 0 fully saturated rings. The minimum absolute atomic E-state index is 0.0375. The van der Waals surface area contributed by atoms with E-state index in [4.69, 9.17) is 4.74 Å². The van der Waals surface area contributed by atoms with E-state index < -0.39 is 17.3 Å². The van der Waals surface area contributed by atoms with Crippen LogP contribution in [-0.4, -0.2) is 32.2 Å². The highest BCUT2D eigenvalue weighted by Gasteiger charge is 2.35. The number of alkyl halides is 3. The summed E-state index contributed by atoms with van der Waals surface area (Å²) in [6.07, 6.45) is -0.0276. The average molecular weight is 518 g/mol. The van der Waals surface area contributed by atoms with Crippen molar-refractivity contribution in [2.24, 2.45) is 0 Å². The maximum absolute atomic E-state index is 14.1. The van der Waals surface area contributed by atoms with Crippen LogP contribution >= 0.6 is 11.3 Å². The van der Waals surface area contributed by atoms with Crippen molar-refractivity contribution in [3.05, 3.63) is 57.2 Å². The van der Waals surface area contributed by atoms with Crippen LogP contribution in [0.3, 0.4) is 0 Å². The van der Waals surface area contributed by atoms with Crippen molar-refractivity contribution in [1.82, 2.24) is 25.6 Å². The second-order valence-corrected chi connectivity index (χ2v) is 9.44. The molecule has 4 rings (SSSR count). The zero-order chi connectivity index (χ0) is 25.7. The van der Waals surface area contributed by atoms with E-state index in [-0.39, 0.29) is 28.4 Å². The number of hydrogen-bond donors (Lipinski definition) is 2. The number of aromatic nitrogens is 5. The van der Waals surface area contributed by atoms with Crippen molar-refractivity contribution >= 4 is 11.3 Å². The molecule has 0 spiro atoms. The number of nitrogens with zero attached hydrogens (tertiary/aromatic N) is 3. The molecule has 0 atom stereocenters. The van der Waals surface area contributed by atoms with Gasteiger partial charge in [-0.1, -0.05) is 33.1 Å². The van der Waals surface area contributed by atoms with Crippen LogP contribution in [0.25, 0.3) is 33.1 Å². The Morgan fingerprint density at radius 2 is 1.86 bits per heavy atom. The molecule has 0 aliphatic rings. The molecule has 190 valence electrons. The molecule has 3 heterocycles. The largest absolute Gasteiger partial charge is 0.494 e. The van der Waals surface area contributed by atoms with Crippen LogP contribution in [0, 0.1) is 0 Å². The van der Waals surface area contributed by atoms with Gasteiger partial charge in [0.05, 0.1) is 17.7 Å². The van der Waals surface area contributed by atoms with Gasteiger partial charge in [0.1, 0.15) is 5.75 Å². The second-order valence-electron chi connectivity index (χ2n) is 8.27. The van der Waals surface area contributed by atoms with Gasteiger partial charge in [-0.15, -0.1) is 21.5 Å². The molecule has 0 bridgehead atoms. The minimum atomic E-state index is -4.65. The number of tetrazole rings is 1. The van der Waals surface area contributed by atoms with Crippen LogP contribution in [0.5, 0.6) is 5.75 Å². The number of H-pyrrole nitrogens is 2. The summed E-state index contributed by atoms with van der Waals surface area (Å²) >= 11 is 1.46. The van der Waals surface area contributed by atoms with Crippen LogP contribution in [0.4, 0.5) is 13.2 Å². The molecule has 0 unspecified atom stereocenters. The number of rotatable bonds is 10. The minimum Gasteiger partial charge on any atom is -0.494 e. The van der Waals surface area contributed by atoms with E-state index in [1.54, 1.807) is 0 Å². The van der Waals surface area contributed by atoms with Crippen molar-refractivity contribution in [2.45, 2.75) is 52.1 Å². The number of nitrogens with one attached hydrogen (secondary N) is 2. The molecule has 3 aromatic heterocycles. The molecule has 0 aliphatic carbocycles. The number of pyridine rings is 1. The number of halogens is 3. The summed E-state index contributed by atoms with van der Waals surface area (Å²) in [6, 6.07) is 9.12. The molecule has 0 radical (unpaired) electrons. The van der Waals surface area contributed by atoms with Crippen molar-refractivity contribution in [3.8, 4) is 38.8 Å². The first-order valence-corrected chi connectivity index (χ1v) is 12.6. The van der Waals surface area contributed by atoms with Gasteiger partial charge in [0.2, 0.25) is 5.82 Å². The number of unbranched alkanes of at least 4 members (excludes halogenated alkanes) is 3. The molecular weight excluding hydrogens is 491 g/mol. The molecule has 7 nitrogen and oxygen atoms in total. The molecule has 0 saturated carbocycles. The number of hydrogen-bond acceptors (Lipinski definition) is 6. The Kier molecular flexibility index (Phi) is 7.88. The maximum atomic E-state index is 14.1. The lowest BCUT2D eigenvalue weighted by Gasteiger charge is -2.16. The zero-order valence-corrected chi connectivity index (χ0v) is 20.7. The molecule has 0 saturated heterocycles. The fraction of sp³-hybridized carbons (Fsp3) is 0.360. The molecule has 1 aromatic carbocycles. The molecule has 0 aliphatic heterocycles. The lowest BCUT2D eigenvalue weighted by Crippen LogP contribution is -2.14. The van der Waals surface area contributed by atoms with E-state index in [1.807, 2.05) is 19.1 Å². The van der Waals surface area contributed by atoms with Gasteiger partial charge < -0.3 is 9.72 Å². The standard InChI is InChI=1S/C25H26F3N5O2S/c1-3-5-6-7-12-35-15-8-10-17(19(13-15)25(26,27)28)20-14-18(21-11-9-16(4-2)36-21)22(24(34)29-20)23-30-32-33-31-23/h8-11,13-14H,3-7,12H2,1-2H3,(H,29,34)(H,30,31,32,33). The number of ether oxygens (including phenoxy) is 1. The summed E-state index contributed by atoms with van der Waals surface area (Å²) in [5.74, 6) is 0.200. The van der Waals surface area contributed by atoms with E-state index in [2.05, 4.69) is 32.5 Å². The first-order valence-electron chi connectivity index (χ1n) is 11.8. The zero-order valence-electron chi connectivity index (χ0n) is 19.9. The maximum Gasteiger partial charge on any atom is 0.417 e. The number of aryl methyl sites for hydroxylation is 1. The van der Waals surface area contributed by atoms with Gasteiger partial charge in [0.15, 0.2) is 0 Å². The van der Waals surface area contributed by atoms with Gasteiger partial charge in [-0.3, -0.25) is 4.79 Å². The lowest BCUT2D eigenvalue weighted by molar-refractivity contribution is -0.137. The first kappa shape index (κ1) is 25.6. The molecular formula is C25H26F3N5O2S. The Morgan fingerprint density at radius 3 is 2.53 bits per heavy atom. The highest BCUT2D eigenvalue weighted by Crippen LogP contribution is 2.41. The Balaban J connectivity index is 1.79. The van der Waals surface area contributed by atoms with Crippen LogP contribution < -0.4 is 10.3 Å². The normalized spacial score (nSPS) is 11.7. The summed E-state index contributed by atoms with van der Waals surface area (Å²) in [5, 5.41) is 13.7. The lowest BCUT2D eigenvalue weighted by atomic mass is 9.99. The van der Waals surface area contributed by atoms with Crippen molar-refractivity contribution in [1.29, 1.82) is 0 Å². The number of aromatic amines is 2. The average Bonchev–Trinajstić information content (AvgIpc) is 3.55. The number of benzene rings is 1. The summed E-state index contributed by atoms with van der Waals surface area (Å²) < 4.78 is 47.9. The van der Waals surface area contributed by atoms with Crippen LogP contribution in [0.1, 0.15) is 50.0 Å². The molecule has 4 aromatic rings. The monoisotopic (exact) mass is 517 g/mol. The summed E-state index contributed by atoms with van der Waals surface area (Å²) in [7, 11) is 0. The van der Waals surface area contributed by atoms with Gasteiger partial charge in [-0.05, 0) is 54.5 Å². The Bertz CT molecular complexity index is 1360. The van der Waals surface area contributed by atoms with Crippen LogP contribution in [0.2, 0.25) is 0 Å². The third kappa shape index (κ3) is 5.67. The predicted octanol–water partition coefficient (Wildman–Crippen LogP) is 6.49. The van der Waals surface area contributed by atoms with E-state index in [0.717, 1.165) is 47.9 Å². The predicted molar refractivity (Wildman–Crippen MR) is 133 cm³/mol. The highest BCUT2D eigenvalue weighted by atomic mass is 32.1. The van der Waals surface area contributed by atoms with Gasteiger partial charge >= 0.3 is 6.18 Å². The fourth-order valence-corrected chi connectivity index (χ4v) is 4.87. The van der Waals surface area contributed by atoms with Gasteiger partial charge in [0, 0.05) is 26.6 Å². The number of thiophene rings is 1. The molecule has 11 heteroatoms. The van der Waals surface area contributed by atoms with E-state index in [0.29, 0.717) is 12.2 Å². The van der Waals surface area contributed by atoms with Crippen molar-refractivity contribution in [3.63, 3.8) is 0 Å². The van der Waals surface area contributed by atoms with E-state index >= 15 is 0 Å². The molecule has 0 amide bonds. The van der Waals surface area contributed by atoms with Crippen molar-refractivity contribution in [2.75, 3.05) is 6.61 Å². The topological polar surface area (TPSA) is 96.6 Å². The Hall–Kier alpha value is -3.47. The summed E-state index contributed by atoms with van der Waals surface area (Å²) in [4.78, 5) is 17.5. The third-order valence-corrected chi connectivity index (χ3v) is 6.99. The van der Waals surface area contributed by atoms with E-state index in [1.165, 1.54) is 29.5 Å². The second kappa shape index (κ2) is 11.1. The SMILES string of the molecule is CCCCCCOc1ccc(-c2cc(-c3ccc(CC)s3)c(-c3nn[nH]n3)c(=O)[nH]2)c(C(F)(F)F)c1. The van der Waals surface area contributed by atoms with Gasteiger partial charge in [-0.2, -0.15) is 18.4 Å². The van der Waals surface area contributed by atoms with Gasteiger partial charge in [0.25, 0.3) is 5.56 Å². The van der Waals surface area contributed by atoms with Crippen molar-refractivity contribution < 1.29 is 17.9 Å². The highest BCUT2D eigenvalue weighted by molar-refractivity contribution is 7.15. The first-order chi connectivity index (χ1) is 17.3. The Morgan fingerprint density at radius 1 is 1.03 bits per heavy atom. The Labute approximate surface area is 209 Å². The third-order valence-electron chi connectivity index (χ3n) is 5.73. The van der Waals surface area contributed by atoms with Gasteiger partial charge in [-0.25, -0.2) is 0 Å². The van der Waals surface area contributed by atoms with Crippen LogP contribution in [-0.2, 0) is 12.6 Å². The fourth-order valence-electron chi connectivity index (χ4n) is 3.90. The van der Waals surface area contributed by atoms with E-state index in [9.17, 15) is 18.0 Å². The smallest absolute Gasteiger partial charge is 0.417 e. The summed E-state index contributed by atoms with van der Waals surface area (Å²) in [5.41, 5.74) is -1.04. The summed E-state index contributed by atoms with van der Waals surface area (Å²) in [6.45, 7) is 4.43. The quantitative estimate of drug-likeness (QED) is 0.234. The van der Waals surface area contributed by atoms with Crippen LogP contribution in [0.15, 0.2) is 41.2 Å².